The van der Waals surface area contributed by atoms with Gasteiger partial charge < -0.3 is 93.9 Å². The van der Waals surface area contributed by atoms with E-state index in [9.17, 15) is 77.6 Å². The van der Waals surface area contributed by atoms with E-state index in [1.54, 1.807) is 63.7 Å². The maximum Gasteiger partial charge on any atom is 0.304 e. The van der Waals surface area contributed by atoms with Crippen LogP contribution in [0.5, 0.6) is 5.75 Å². The highest BCUT2D eigenvalue weighted by Crippen LogP contribution is 2.38. The average molecular weight is 1440 g/mol. The first-order valence-electron chi connectivity index (χ1n) is 34.1. The fourth-order valence-electron chi connectivity index (χ4n) is 12.0. The molecule has 3 aliphatic heterocycles. The summed E-state index contributed by atoms with van der Waals surface area (Å²) in [6, 6.07) is -6.70. The Bertz CT molecular complexity index is 3290. The number of aromatic amines is 1. The van der Waals surface area contributed by atoms with Crippen LogP contribution in [-0.2, 0) is 85.3 Å². The van der Waals surface area contributed by atoms with Crippen LogP contribution in [0.4, 0.5) is 0 Å². The van der Waals surface area contributed by atoms with Crippen LogP contribution in [0.2, 0.25) is 0 Å². The van der Waals surface area contributed by atoms with E-state index in [1.165, 1.54) is 14.0 Å². The number of nitrogens with one attached hydrogen (secondary N) is 9. The van der Waals surface area contributed by atoms with E-state index >= 15 is 4.21 Å². The van der Waals surface area contributed by atoms with Gasteiger partial charge in [-0.25, -0.2) is 0 Å². The topological polar surface area (TPSA) is 500 Å². The lowest BCUT2D eigenvalue weighted by molar-refractivity contribution is -0.144. The van der Waals surface area contributed by atoms with Crippen molar-refractivity contribution in [2.24, 2.45) is 29.2 Å². The maximum absolute atomic E-state index is 15.4. The molecule has 34 heteroatoms. The molecule has 32 nitrogen and oxygen atoms in total. The highest BCUT2D eigenvalue weighted by atomic mass is 32.2. The van der Waals surface area contributed by atoms with Gasteiger partial charge in [0.15, 0.2) is 0 Å². The Hall–Kier alpha value is -8.21. The lowest BCUT2D eigenvalue weighted by atomic mass is 9.93. The average Bonchev–Trinajstić information content (AvgIpc) is 1.60. The molecule has 12 atom stereocenters. The predicted octanol–water partition coefficient (Wildman–Crippen LogP) is -1.61. The van der Waals surface area contributed by atoms with Crippen molar-refractivity contribution < 1.29 is 91.7 Å². The molecule has 0 radical (unpaired) electrons. The summed E-state index contributed by atoms with van der Waals surface area (Å²) in [5, 5.41) is 61.7. The Morgan fingerprint density at radius 1 is 0.850 bits per heavy atom. The minimum Gasteiger partial charge on any atom is -0.496 e. The zero-order valence-corrected chi connectivity index (χ0v) is 59.3. The van der Waals surface area contributed by atoms with Crippen molar-refractivity contribution in [1.82, 2.24) is 57.3 Å². The Morgan fingerprint density at radius 3 is 2.15 bits per heavy atom. The zero-order valence-electron chi connectivity index (χ0n) is 57.7. The molecule has 2 fully saturated rings. The fourth-order valence-corrected chi connectivity index (χ4v) is 14.7. The van der Waals surface area contributed by atoms with Gasteiger partial charge >= 0.3 is 5.97 Å². The quantitative estimate of drug-likeness (QED) is 0.0277. The predicted molar refractivity (Wildman–Crippen MR) is 368 cm³/mol. The van der Waals surface area contributed by atoms with Gasteiger partial charge in [-0.05, 0) is 69.1 Å². The highest BCUT2D eigenvalue weighted by molar-refractivity contribution is 7.99. The number of carbonyl (C=O) groups is 13. The number of amides is 12. The first-order valence-corrected chi connectivity index (χ1v) is 36.4. The number of likely N-dealkylation sites (tertiary alicyclic amines) is 1. The summed E-state index contributed by atoms with van der Waals surface area (Å²) in [6.45, 7) is 7.69. The first-order chi connectivity index (χ1) is 47.5. The number of fused-ring (bicyclic) bond motifs is 4. The van der Waals surface area contributed by atoms with Crippen LogP contribution in [0.3, 0.4) is 0 Å². The van der Waals surface area contributed by atoms with E-state index in [0.717, 1.165) is 4.90 Å². The molecule has 0 saturated carbocycles. The number of piperidine rings is 1. The Balaban J connectivity index is 1.38. The van der Waals surface area contributed by atoms with Crippen LogP contribution in [0, 0.1) is 17.8 Å². The summed E-state index contributed by atoms with van der Waals surface area (Å²) in [5.74, 6) is -13.1. The minimum atomic E-state index is -2.48. The van der Waals surface area contributed by atoms with Gasteiger partial charge in [-0.3, -0.25) is 66.5 Å². The number of aliphatic hydroxyl groups is 3. The normalized spacial score (nSPS) is 21.9. The summed E-state index contributed by atoms with van der Waals surface area (Å²) in [5.41, 5.74) is 12.6. The molecule has 3 aliphatic rings. The number of benzene rings is 1. The van der Waals surface area contributed by atoms with Crippen LogP contribution in [-0.4, -0.2) is 229 Å². The molecule has 100 heavy (non-hydrogen) atoms. The molecule has 2 unspecified atom stereocenters. The third-order valence-corrected chi connectivity index (χ3v) is 21.0. The number of hydrogen-bond acceptors (Lipinski definition) is 19. The molecular formula is C66H101N13O19S2. The van der Waals surface area contributed by atoms with Crippen molar-refractivity contribution in [3.8, 4) is 5.75 Å². The lowest BCUT2D eigenvalue weighted by Gasteiger charge is -2.32. The second-order valence-corrected chi connectivity index (χ2v) is 28.2. The molecule has 2 aromatic rings. The van der Waals surface area contributed by atoms with E-state index < -0.39 is 181 Å². The van der Waals surface area contributed by atoms with E-state index in [1.807, 2.05) is 4.90 Å². The number of carbonyl (C=O) groups excluding carboxylic acids is 12. The van der Waals surface area contributed by atoms with E-state index in [0.29, 0.717) is 119 Å². The number of carboxylic acids is 1. The number of H-pyrrole nitrogens is 1. The summed E-state index contributed by atoms with van der Waals surface area (Å²) in [6.07, 6.45) is 4.38. The monoisotopic (exact) mass is 1440 g/mol. The van der Waals surface area contributed by atoms with Gasteiger partial charge in [0.1, 0.15) is 47.0 Å². The number of rotatable bonds is 34. The molecule has 17 N–H and O–H groups in total. The van der Waals surface area contributed by atoms with Crippen LogP contribution in [0.1, 0.15) is 142 Å². The second kappa shape index (κ2) is 40.9. The molecule has 5 rings (SSSR count). The van der Waals surface area contributed by atoms with Gasteiger partial charge in [-0.1, -0.05) is 59.1 Å². The number of nitrogens with two attached hydrogens (primary N) is 2. The largest absolute Gasteiger partial charge is 0.496 e. The summed E-state index contributed by atoms with van der Waals surface area (Å²) in [7, 11) is -1.04. The van der Waals surface area contributed by atoms with Crippen molar-refractivity contribution in [3.05, 3.63) is 35.4 Å². The van der Waals surface area contributed by atoms with Gasteiger partial charge in [0.25, 0.3) is 0 Å². The Morgan fingerprint density at radius 2 is 1.53 bits per heavy atom. The zero-order chi connectivity index (χ0) is 73.9. The highest BCUT2D eigenvalue weighted by Gasteiger charge is 2.45. The third-order valence-electron chi connectivity index (χ3n) is 18.1. The lowest BCUT2D eigenvalue weighted by Crippen LogP contribution is -2.61. The number of ether oxygens (including phenoxy) is 1. The number of aliphatic carboxylic acids is 1. The number of allylic oxidation sites excluding steroid dienone is 1. The molecule has 0 spiro atoms. The standard InChI is InChI=1S/C66H101N13O19S2/c1-7-16-38(27-55(88)89)60(91)70-24-15-10-12-17-52(85)69-23-14-11-13-18-54(87)78-25-21-40(22-26-78)99-34-43-49(98-6)20-19-41-42-29-44(59(68)90)73-64(95)57(37(5)48(82)33-80)76-62(93)47-28-39(81)32-79(47)66(96)45(30-50(67)83)74-61(92)46(35-100(97)65(42)77-58(41)43)72-53(86)31-71-63(94)56(36(4)8-2)75-51(84)9-3/h7,16,19-20,36-40,44-48,56-57,77,80-82H,8-15,17-18,21-35H2,1-6H3,(H2,67,83)(H2,68,90)(H,69,85)(H,70,91)(H,71,94)(H,72,86)(H,73,95)(H,74,92)(H,75,84)(H,76,93)(H,88,89)/b16-7-/t36-,37-,38?,39+,44-,45-,46-,47-,48-,56-,57-,100?/m0/s1. The van der Waals surface area contributed by atoms with Crippen LogP contribution in [0.15, 0.2) is 29.3 Å². The molecule has 1 aromatic heterocycles. The maximum atomic E-state index is 15.4. The molecule has 2 saturated heterocycles. The van der Waals surface area contributed by atoms with Gasteiger partial charge in [0.2, 0.25) is 70.9 Å². The van der Waals surface area contributed by atoms with Crippen molar-refractivity contribution >= 4 is 110 Å². The van der Waals surface area contributed by atoms with Crippen LogP contribution >= 0.6 is 11.8 Å². The number of thioether (sulfide) groups is 1. The number of carboxylic acid groups (broad SMARTS) is 1. The molecule has 0 aliphatic carbocycles. The van der Waals surface area contributed by atoms with E-state index in [-0.39, 0.29) is 52.2 Å². The van der Waals surface area contributed by atoms with Gasteiger partial charge in [0, 0.05) is 92.7 Å². The van der Waals surface area contributed by atoms with Crippen molar-refractivity contribution in [1.29, 1.82) is 0 Å². The molecule has 0 bridgehead atoms. The SMILES string of the molecule is C/C=C\C(CC(=O)O)C(=O)NCCCCCC(=O)NCCCCCC(=O)N1CCC(SCc2c(OC)ccc3c4c([nH]c23)S(=O)C[C@H](NC(=O)CNC(=O)[C@@H](NC(=O)CC)[C@@H](C)CC)C(=O)N[C@@H](CC(N)=O)C(=O)N2C[C@H](O)C[C@H]2C(=O)N[C@@H]([C@@H](C)[C@@H](O)CO)C(=O)N[C@H](C(N)=O)C4)CC1. The van der Waals surface area contributed by atoms with Gasteiger partial charge in [0.05, 0.1) is 73.3 Å². The summed E-state index contributed by atoms with van der Waals surface area (Å²) < 4.78 is 21.3. The first kappa shape index (κ1) is 82.5. The number of hydrogen-bond donors (Lipinski definition) is 15. The summed E-state index contributed by atoms with van der Waals surface area (Å²) in [4.78, 5) is 180. The second-order valence-electron chi connectivity index (χ2n) is 25.5. The third kappa shape index (κ3) is 24.6. The molecule has 1 aromatic carbocycles. The van der Waals surface area contributed by atoms with E-state index in [4.69, 9.17) is 21.3 Å². The number of methoxy groups -OCH3 is 1. The number of primary amides is 2. The van der Waals surface area contributed by atoms with Gasteiger partial charge in [-0.2, -0.15) is 11.8 Å². The number of aromatic nitrogens is 1. The van der Waals surface area contributed by atoms with Crippen molar-refractivity contribution in [3.63, 3.8) is 0 Å². The number of aliphatic hydroxyl groups excluding tert-OH is 3. The smallest absolute Gasteiger partial charge is 0.304 e. The van der Waals surface area contributed by atoms with Crippen LogP contribution in [0.25, 0.3) is 10.9 Å². The molecular weight excluding hydrogens is 1340 g/mol. The van der Waals surface area contributed by atoms with Crippen molar-refractivity contribution in [2.75, 3.05) is 58.7 Å². The number of nitrogens with zero attached hydrogens (tertiary/aromatic N) is 2. The molecule has 4 heterocycles. The minimum absolute atomic E-state index is 0.00545. The van der Waals surface area contributed by atoms with Gasteiger partial charge in [-0.15, -0.1) is 0 Å². The fraction of sp³-hybridized carbons (Fsp3) is 0.652. The number of unbranched alkanes of at least 4 members (excludes halogenated alkanes) is 4. The van der Waals surface area contributed by atoms with Crippen molar-refractivity contribution in [2.45, 2.75) is 202 Å². The Kier molecular flexibility index (Phi) is 33.7. The molecule has 12 amide bonds. The molecule has 556 valence electrons. The van der Waals surface area contributed by atoms with E-state index in [2.05, 4.69) is 47.5 Å². The van der Waals surface area contributed by atoms with Crippen LogP contribution < -0.4 is 58.7 Å². The summed E-state index contributed by atoms with van der Waals surface area (Å²) >= 11 is 1.56. The Labute approximate surface area is 587 Å².